The van der Waals surface area contributed by atoms with Gasteiger partial charge in [0.15, 0.2) is 0 Å². The van der Waals surface area contributed by atoms with Crippen LogP contribution in [0, 0.1) is 5.92 Å². The minimum absolute atomic E-state index is 0.0165. The van der Waals surface area contributed by atoms with Crippen LogP contribution < -0.4 is 5.32 Å². The first-order chi connectivity index (χ1) is 10.7. The first-order valence-electron chi connectivity index (χ1n) is 8.15. The van der Waals surface area contributed by atoms with Crippen LogP contribution in [0.5, 0.6) is 0 Å². The molecule has 116 valence electrons. The quantitative estimate of drug-likeness (QED) is 0.772. The molecule has 0 spiro atoms. The van der Waals surface area contributed by atoms with Crippen molar-refractivity contribution in [3.63, 3.8) is 0 Å². The molecule has 0 aliphatic carbocycles. The highest BCUT2D eigenvalue weighted by Crippen LogP contribution is 2.23. The van der Waals surface area contributed by atoms with E-state index in [-0.39, 0.29) is 5.91 Å². The van der Waals surface area contributed by atoms with Crippen molar-refractivity contribution in [1.82, 2.24) is 5.32 Å². The summed E-state index contributed by atoms with van der Waals surface area (Å²) in [6, 6.07) is 17.9. The number of carbonyl (C=O) groups is 1. The molecule has 1 N–H and O–H groups in total. The van der Waals surface area contributed by atoms with Crippen molar-refractivity contribution in [3.05, 3.63) is 60.2 Å². The standard InChI is InChI=1S/C20H25NO/c1-3-4-10-16(2)15-21-20(22)19-14-9-8-13-18(19)17-11-6-5-7-12-17/h5-9,11-14,16H,3-4,10,15H2,1-2H3,(H,21,22)/t16-/m0/s1. The summed E-state index contributed by atoms with van der Waals surface area (Å²) in [6.07, 6.45) is 3.59. The van der Waals surface area contributed by atoms with Crippen molar-refractivity contribution >= 4 is 5.91 Å². The SMILES string of the molecule is CCCC[C@H](C)CNC(=O)c1ccccc1-c1ccccc1. The Hall–Kier alpha value is -2.09. The lowest BCUT2D eigenvalue weighted by atomic mass is 9.99. The molecule has 2 aromatic carbocycles. The summed E-state index contributed by atoms with van der Waals surface area (Å²) in [4.78, 5) is 12.5. The second-order valence-electron chi connectivity index (χ2n) is 5.87. The highest BCUT2D eigenvalue weighted by Gasteiger charge is 2.12. The van der Waals surface area contributed by atoms with Gasteiger partial charge in [-0.1, -0.05) is 75.2 Å². The molecule has 2 aromatic rings. The lowest BCUT2D eigenvalue weighted by molar-refractivity contribution is 0.0948. The maximum absolute atomic E-state index is 12.5. The van der Waals surface area contributed by atoms with E-state index in [2.05, 4.69) is 19.2 Å². The van der Waals surface area contributed by atoms with Crippen molar-refractivity contribution in [3.8, 4) is 11.1 Å². The molecule has 0 unspecified atom stereocenters. The predicted molar refractivity (Wildman–Crippen MR) is 92.9 cm³/mol. The van der Waals surface area contributed by atoms with Crippen LogP contribution in [-0.2, 0) is 0 Å². The van der Waals surface area contributed by atoms with Crippen molar-refractivity contribution in [2.45, 2.75) is 33.1 Å². The number of amides is 1. The summed E-state index contributed by atoms with van der Waals surface area (Å²) < 4.78 is 0. The average molecular weight is 295 g/mol. The molecule has 0 bridgehead atoms. The zero-order valence-electron chi connectivity index (χ0n) is 13.5. The monoisotopic (exact) mass is 295 g/mol. The molecule has 0 saturated heterocycles. The van der Waals surface area contributed by atoms with E-state index < -0.39 is 0 Å². The van der Waals surface area contributed by atoms with Gasteiger partial charge in [0, 0.05) is 12.1 Å². The van der Waals surface area contributed by atoms with Gasteiger partial charge in [-0.05, 0) is 29.5 Å². The highest BCUT2D eigenvalue weighted by atomic mass is 16.1. The van der Waals surface area contributed by atoms with Gasteiger partial charge in [0.25, 0.3) is 5.91 Å². The third kappa shape index (κ3) is 4.45. The van der Waals surface area contributed by atoms with Crippen molar-refractivity contribution in [1.29, 1.82) is 0 Å². The summed E-state index contributed by atoms with van der Waals surface area (Å²) in [7, 11) is 0. The van der Waals surface area contributed by atoms with Gasteiger partial charge in [0.2, 0.25) is 0 Å². The molecule has 0 aliphatic rings. The lowest BCUT2D eigenvalue weighted by Crippen LogP contribution is -2.28. The second-order valence-corrected chi connectivity index (χ2v) is 5.87. The number of carbonyl (C=O) groups excluding carboxylic acids is 1. The molecule has 0 aliphatic heterocycles. The largest absolute Gasteiger partial charge is 0.352 e. The van der Waals surface area contributed by atoms with Crippen LogP contribution in [-0.4, -0.2) is 12.5 Å². The van der Waals surface area contributed by atoms with Gasteiger partial charge >= 0.3 is 0 Å². The molecule has 2 rings (SSSR count). The molecule has 0 aromatic heterocycles. The molecule has 2 heteroatoms. The number of rotatable bonds is 7. The van der Waals surface area contributed by atoms with Gasteiger partial charge in [-0.2, -0.15) is 0 Å². The number of benzene rings is 2. The third-order valence-electron chi connectivity index (χ3n) is 3.92. The van der Waals surface area contributed by atoms with E-state index in [1.807, 2.05) is 54.6 Å². The van der Waals surface area contributed by atoms with E-state index in [1.165, 1.54) is 12.8 Å². The Morgan fingerprint density at radius 2 is 1.73 bits per heavy atom. The summed E-state index contributed by atoms with van der Waals surface area (Å²) in [5.41, 5.74) is 2.81. The Labute approximate surface area is 133 Å². The van der Waals surface area contributed by atoms with Crippen LogP contribution in [0.2, 0.25) is 0 Å². The third-order valence-corrected chi connectivity index (χ3v) is 3.92. The minimum Gasteiger partial charge on any atom is -0.352 e. The lowest BCUT2D eigenvalue weighted by Gasteiger charge is -2.14. The topological polar surface area (TPSA) is 29.1 Å². The summed E-state index contributed by atoms with van der Waals surface area (Å²) in [5.74, 6) is 0.538. The molecule has 0 saturated carbocycles. The first kappa shape index (κ1) is 16.3. The Balaban J connectivity index is 2.07. The second kappa shape index (κ2) is 8.38. The number of hydrogen-bond acceptors (Lipinski definition) is 1. The summed E-state index contributed by atoms with van der Waals surface area (Å²) in [6.45, 7) is 5.13. The van der Waals surface area contributed by atoms with Crippen molar-refractivity contribution < 1.29 is 4.79 Å². The molecule has 0 fully saturated rings. The van der Waals surface area contributed by atoms with E-state index in [1.54, 1.807) is 0 Å². The van der Waals surface area contributed by atoms with Crippen molar-refractivity contribution in [2.24, 2.45) is 5.92 Å². The van der Waals surface area contributed by atoms with E-state index in [9.17, 15) is 4.79 Å². The van der Waals surface area contributed by atoms with E-state index >= 15 is 0 Å². The van der Waals surface area contributed by atoms with Gasteiger partial charge in [-0.3, -0.25) is 4.79 Å². The summed E-state index contributed by atoms with van der Waals surface area (Å²) in [5, 5.41) is 3.08. The molecular weight excluding hydrogens is 270 g/mol. The minimum atomic E-state index is 0.0165. The van der Waals surface area contributed by atoms with Crippen LogP contribution in [0.1, 0.15) is 43.5 Å². The fraction of sp³-hybridized carbons (Fsp3) is 0.350. The molecule has 1 atom stereocenters. The number of unbranched alkanes of at least 4 members (excludes halogenated alkanes) is 1. The van der Waals surface area contributed by atoms with Crippen LogP contribution in [0.15, 0.2) is 54.6 Å². The maximum atomic E-state index is 12.5. The molecule has 0 radical (unpaired) electrons. The average Bonchev–Trinajstić information content (AvgIpc) is 2.58. The Morgan fingerprint density at radius 1 is 1.05 bits per heavy atom. The van der Waals surface area contributed by atoms with Gasteiger partial charge in [-0.25, -0.2) is 0 Å². The molecule has 22 heavy (non-hydrogen) atoms. The highest BCUT2D eigenvalue weighted by molar-refractivity contribution is 6.00. The molecule has 1 amide bonds. The van der Waals surface area contributed by atoms with Crippen LogP contribution in [0.3, 0.4) is 0 Å². The van der Waals surface area contributed by atoms with E-state index in [4.69, 9.17) is 0 Å². The normalized spacial score (nSPS) is 11.9. The van der Waals surface area contributed by atoms with Gasteiger partial charge < -0.3 is 5.32 Å². The fourth-order valence-corrected chi connectivity index (χ4v) is 2.57. The predicted octanol–water partition coefficient (Wildman–Crippen LogP) is 4.91. The van der Waals surface area contributed by atoms with E-state index in [0.717, 1.165) is 29.7 Å². The molecule has 0 heterocycles. The number of nitrogens with one attached hydrogen (secondary N) is 1. The van der Waals surface area contributed by atoms with Crippen molar-refractivity contribution in [2.75, 3.05) is 6.54 Å². The molecular formula is C20H25NO. The molecule has 2 nitrogen and oxygen atoms in total. The van der Waals surface area contributed by atoms with Gasteiger partial charge in [0.05, 0.1) is 0 Å². The first-order valence-corrected chi connectivity index (χ1v) is 8.15. The zero-order valence-corrected chi connectivity index (χ0v) is 13.5. The summed E-state index contributed by atoms with van der Waals surface area (Å²) >= 11 is 0. The smallest absolute Gasteiger partial charge is 0.251 e. The zero-order chi connectivity index (χ0) is 15.8. The van der Waals surface area contributed by atoms with Gasteiger partial charge in [-0.15, -0.1) is 0 Å². The van der Waals surface area contributed by atoms with Gasteiger partial charge in [0.1, 0.15) is 0 Å². The Bertz CT molecular complexity index is 592. The fourth-order valence-electron chi connectivity index (χ4n) is 2.57. The number of hydrogen-bond donors (Lipinski definition) is 1. The maximum Gasteiger partial charge on any atom is 0.251 e. The van der Waals surface area contributed by atoms with Crippen LogP contribution >= 0.6 is 0 Å². The van der Waals surface area contributed by atoms with Crippen LogP contribution in [0.4, 0.5) is 0 Å². The Morgan fingerprint density at radius 3 is 2.45 bits per heavy atom. The van der Waals surface area contributed by atoms with Crippen LogP contribution in [0.25, 0.3) is 11.1 Å². The Kier molecular flexibility index (Phi) is 6.20. The van der Waals surface area contributed by atoms with E-state index in [0.29, 0.717) is 5.92 Å².